The predicted octanol–water partition coefficient (Wildman–Crippen LogP) is 5.68. The van der Waals surface area contributed by atoms with E-state index in [2.05, 4.69) is 15.2 Å². The molecule has 1 unspecified atom stereocenters. The zero-order chi connectivity index (χ0) is 27.7. The van der Waals surface area contributed by atoms with Crippen LogP contribution in [0.2, 0.25) is 0 Å². The first-order chi connectivity index (χ1) is 18.8. The molecular formula is C28H26N4O5S2. The van der Waals surface area contributed by atoms with E-state index in [0.29, 0.717) is 50.9 Å². The van der Waals surface area contributed by atoms with Gasteiger partial charge in [-0.1, -0.05) is 47.7 Å². The fraction of sp³-hybridized carbons (Fsp3) is 0.250. The van der Waals surface area contributed by atoms with Crippen molar-refractivity contribution in [2.45, 2.75) is 40.3 Å². The van der Waals surface area contributed by atoms with Crippen LogP contribution in [-0.2, 0) is 11.4 Å². The summed E-state index contributed by atoms with van der Waals surface area (Å²) < 4.78 is 12.0. The van der Waals surface area contributed by atoms with Crippen LogP contribution < -0.4 is 14.4 Å². The molecule has 2 aromatic heterocycles. The van der Waals surface area contributed by atoms with Crippen molar-refractivity contribution in [3.63, 3.8) is 0 Å². The number of carbonyl (C=O) groups is 2. The van der Waals surface area contributed by atoms with Gasteiger partial charge >= 0.3 is 0 Å². The van der Waals surface area contributed by atoms with Crippen molar-refractivity contribution in [3.8, 4) is 11.5 Å². The van der Waals surface area contributed by atoms with Gasteiger partial charge in [-0.15, -0.1) is 21.5 Å². The maximum absolute atomic E-state index is 13.8. The number of hydrogen-bond donors (Lipinski definition) is 1. The molecule has 11 heteroatoms. The first-order valence-corrected chi connectivity index (χ1v) is 13.9. The zero-order valence-corrected chi connectivity index (χ0v) is 23.4. The lowest BCUT2D eigenvalue weighted by Crippen LogP contribution is -2.31. The Kier molecular flexibility index (Phi) is 7.45. The Hall–Kier alpha value is -4.09. The first-order valence-electron chi connectivity index (χ1n) is 12.3. The number of benzene rings is 2. The van der Waals surface area contributed by atoms with Crippen molar-refractivity contribution in [1.29, 1.82) is 0 Å². The number of rotatable bonds is 9. The van der Waals surface area contributed by atoms with Crippen molar-refractivity contribution in [3.05, 3.63) is 91.6 Å². The number of amides is 1. The average molecular weight is 563 g/mol. The van der Waals surface area contributed by atoms with Gasteiger partial charge in [0.25, 0.3) is 5.91 Å². The third kappa shape index (κ3) is 5.15. The van der Waals surface area contributed by atoms with Crippen molar-refractivity contribution in [2.24, 2.45) is 0 Å². The van der Waals surface area contributed by atoms with Gasteiger partial charge in [-0.2, -0.15) is 0 Å². The van der Waals surface area contributed by atoms with Gasteiger partial charge in [-0.25, -0.2) is 4.98 Å². The highest BCUT2D eigenvalue weighted by molar-refractivity contribution is 7.15. The molecule has 1 N–H and O–H groups in total. The molecule has 200 valence electrons. The molecule has 5 rings (SSSR count). The Balaban J connectivity index is 1.59. The molecule has 1 amide bonds. The van der Waals surface area contributed by atoms with E-state index < -0.39 is 23.5 Å². The molecule has 1 aliphatic rings. The van der Waals surface area contributed by atoms with Crippen molar-refractivity contribution >= 4 is 39.5 Å². The number of thiazole rings is 1. The second-order valence-electron chi connectivity index (χ2n) is 8.83. The van der Waals surface area contributed by atoms with Crippen molar-refractivity contribution in [1.82, 2.24) is 15.2 Å². The number of ketones is 1. The van der Waals surface area contributed by atoms with E-state index in [1.165, 1.54) is 27.6 Å². The molecule has 0 saturated carbocycles. The zero-order valence-electron chi connectivity index (χ0n) is 21.8. The second kappa shape index (κ2) is 11.0. The van der Waals surface area contributed by atoms with E-state index >= 15 is 0 Å². The monoisotopic (exact) mass is 562 g/mol. The van der Waals surface area contributed by atoms with Gasteiger partial charge in [0.15, 0.2) is 17.3 Å². The predicted molar refractivity (Wildman–Crippen MR) is 149 cm³/mol. The smallest absolute Gasteiger partial charge is 0.296 e. The maximum atomic E-state index is 13.8. The van der Waals surface area contributed by atoms with Crippen LogP contribution in [0.25, 0.3) is 0 Å². The minimum absolute atomic E-state index is 0.0417. The van der Waals surface area contributed by atoms with Gasteiger partial charge in [0, 0.05) is 0 Å². The molecule has 1 atom stereocenters. The number of nitrogens with zero attached hydrogens (tertiary/aromatic N) is 4. The molecule has 1 aliphatic heterocycles. The molecule has 0 radical (unpaired) electrons. The van der Waals surface area contributed by atoms with E-state index in [-0.39, 0.29) is 10.7 Å². The number of ether oxygens (including phenoxy) is 2. The molecule has 39 heavy (non-hydrogen) atoms. The standard InChI is InChI=1S/C28H26N4O5S2/c1-5-36-21-13-19(11-12-20(21)37-14-18-9-7-6-8-10-18)23-22(24(33)26-15(2)29-16(3)38-26)25(34)27(35)32(23)28-31-30-17(4)39-28/h6-13,23,34H,5,14H2,1-4H3. The van der Waals surface area contributed by atoms with Crippen molar-refractivity contribution in [2.75, 3.05) is 11.5 Å². The molecule has 0 spiro atoms. The Morgan fingerprint density at radius 2 is 1.77 bits per heavy atom. The van der Waals surface area contributed by atoms with Crippen LogP contribution in [-0.4, -0.2) is 38.6 Å². The number of aliphatic hydroxyl groups excluding tert-OH is 1. The summed E-state index contributed by atoms with van der Waals surface area (Å²) in [6.07, 6.45) is 0. The number of anilines is 1. The number of Topliss-reactive ketones (excluding diaryl/α,β-unsaturated/α-hetero) is 1. The summed E-state index contributed by atoms with van der Waals surface area (Å²) in [7, 11) is 0. The SMILES string of the molecule is CCOc1cc(C2C(C(=O)c3sc(C)nc3C)=C(O)C(=O)N2c2nnc(C)s2)ccc1OCc1ccccc1. The van der Waals surface area contributed by atoms with E-state index in [1.807, 2.05) is 37.3 Å². The Morgan fingerprint density at radius 3 is 2.41 bits per heavy atom. The van der Waals surface area contributed by atoms with Crippen LogP contribution in [0.15, 0.2) is 59.9 Å². The van der Waals surface area contributed by atoms with Gasteiger partial charge in [0.2, 0.25) is 10.9 Å². The summed E-state index contributed by atoms with van der Waals surface area (Å²) in [5, 5.41) is 20.9. The van der Waals surface area contributed by atoms with Crippen LogP contribution in [0.5, 0.6) is 11.5 Å². The summed E-state index contributed by atoms with van der Waals surface area (Å²) in [6, 6.07) is 14.0. The lowest BCUT2D eigenvalue weighted by Gasteiger charge is -2.25. The average Bonchev–Trinajstić information content (AvgIpc) is 3.58. The number of aliphatic hydroxyl groups is 1. The molecule has 9 nitrogen and oxygen atoms in total. The van der Waals surface area contributed by atoms with Crippen LogP contribution in [0, 0.1) is 20.8 Å². The third-order valence-corrected chi connectivity index (χ3v) is 8.01. The third-order valence-electron chi connectivity index (χ3n) is 6.10. The maximum Gasteiger partial charge on any atom is 0.296 e. The number of hydrogen-bond acceptors (Lipinski definition) is 10. The molecule has 4 aromatic rings. The Morgan fingerprint density at radius 1 is 1.00 bits per heavy atom. The highest BCUT2D eigenvalue weighted by Crippen LogP contribution is 2.45. The van der Waals surface area contributed by atoms with Gasteiger partial charge in [0.1, 0.15) is 11.6 Å². The van der Waals surface area contributed by atoms with E-state index in [1.54, 1.807) is 39.0 Å². The lowest BCUT2D eigenvalue weighted by molar-refractivity contribution is -0.117. The molecule has 3 heterocycles. The van der Waals surface area contributed by atoms with Crippen molar-refractivity contribution < 1.29 is 24.2 Å². The Labute approximate surface area is 233 Å². The van der Waals surface area contributed by atoms with E-state index in [0.717, 1.165) is 5.56 Å². The molecule has 0 fully saturated rings. The largest absolute Gasteiger partial charge is 0.503 e. The fourth-order valence-corrected chi connectivity index (χ4v) is 6.00. The van der Waals surface area contributed by atoms with Crippen LogP contribution in [0.4, 0.5) is 5.13 Å². The molecule has 0 aliphatic carbocycles. The quantitative estimate of drug-likeness (QED) is 0.259. The second-order valence-corrected chi connectivity index (χ2v) is 11.2. The summed E-state index contributed by atoms with van der Waals surface area (Å²) >= 11 is 2.42. The lowest BCUT2D eigenvalue weighted by atomic mass is 9.95. The van der Waals surface area contributed by atoms with Crippen LogP contribution in [0.3, 0.4) is 0 Å². The van der Waals surface area contributed by atoms with Gasteiger partial charge < -0.3 is 14.6 Å². The minimum Gasteiger partial charge on any atom is -0.503 e. The number of aryl methyl sites for hydroxylation is 3. The molecule has 0 bridgehead atoms. The van der Waals surface area contributed by atoms with E-state index in [4.69, 9.17) is 9.47 Å². The highest BCUT2D eigenvalue weighted by Gasteiger charge is 2.47. The number of carbonyl (C=O) groups excluding carboxylic acids is 2. The summed E-state index contributed by atoms with van der Waals surface area (Å²) in [5.74, 6) is -0.830. The summed E-state index contributed by atoms with van der Waals surface area (Å²) in [4.78, 5) is 33.3. The highest BCUT2D eigenvalue weighted by atomic mass is 32.1. The number of aromatic nitrogens is 3. The van der Waals surface area contributed by atoms with Gasteiger partial charge in [-0.3, -0.25) is 14.5 Å². The molecular weight excluding hydrogens is 536 g/mol. The van der Waals surface area contributed by atoms with Gasteiger partial charge in [-0.05, 0) is 51.0 Å². The van der Waals surface area contributed by atoms with Crippen LogP contribution in [0.1, 0.15) is 49.5 Å². The Bertz CT molecular complexity index is 1580. The van der Waals surface area contributed by atoms with E-state index in [9.17, 15) is 14.7 Å². The normalized spacial score (nSPS) is 15.2. The van der Waals surface area contributed by atoms with Crippen LogP contribution >= 0.6 is 22.7 Å². The molecule has 0 saturated heterocycles. The molecule has 2 aromatic carbocycles. The van der Waals surface area contributed by atoms with Gasteiger partial charge in [0.05, 0.1) is 33.8 Å². The summed E-state index contributed by atoms with van der Waals surface area (Å²) in [6.45, 7) is 7.88. The summed E-state index contributed by atoms with van der Waals surface area (Å²) in [5.41, 5.74) is 2.05. The first kappa shape index (κ1) is 26.5. The fourth-order valence-electron chi connectivity index (χ4n) is 4.42. The minimum atomic E-state index is -0.957. The topological polar surface area (TPSA) is 115 Å².